The standard InChI is InChI=1S/C48H70O2Si2/c1-47(2,3)43-31-33-45(41(39-43)29-23-27-37-51(7,8)9)49-35-25-21-19-17-15-13-14-16-18-20-22-26-36-50-46-34-32-44(48(4,5)6)40-42(46)30-24-28-38-52(10,11)12/h31-34,39-40H,13-22,25-26,35-36H2,1-12H3. The van der Waals surface area contributed by atoms with Crippen LogP contribution in [0.5, 0.6) is 11.5 Å². The number of unbranched alkanes of at least 4 members (excludes halogenated alkanes) is 11. The van der Waals surface area contributed by atoms with Crippen molar-refractivity contribution in [3.63, 3.8) is 0 Å². The highest BCUT2D eigenvalue weighted by Crippen LogP contribution is 2.29. The van der Waals surface area contributed by atoms with Gasteiger partial charge >= 0.3 is 0 Å². The highest BCUT2D eigenvalue weighted by atomic mass is 28.3. The number of rotatable bonds is 17. The van der Waals surface area contributed by atoms with E-state index in [-0.39, 0.29) is 10.8 Å². The predicted molar refractivity (Wildman–Crippen MR) is 233 cm³/mol. The zero-order valence-electron chi connectivity index (χ0n) is 35.2. The Hall–Kier alpha value is -3.29. The highest BCUT2D eigenvalue weighted by Gasteiger charge is 2.17. The van der Waals surface area contributed by atoms with Gasteiger partial charge in [-0.2, -0.15) is 0 Å². The van der Waals surface area contributed by atoms with Crippen LogP contribution in [0.2, 0.25) is 39.3 Å². The second-order valence-electron chi connectivity index (χ2n) is 18.4. The fourth-order valence-electron chi connectivity index (χ4n) is 5.41. The van der Waals surface area contributed by atoms with E-state index >= 15 is 0 Å². The first-order valence-electron chi connectivity index (χ1n) is 20.0. The predicted octanol–water partition coefficient (Wildman–Crippen LogP) is 12.9. The largest absolute Gasteiger partial charge is 0.492 e. The molecule has 0 atom stereocenters. The topological polar surface area (TPSA) is 18.5 Å². The van der Waals surface area contributed by atoms with Crippen LogP contribution in [0.15, 0.2) is 36.4 Å². The van der Waals surface area contributed by atoms with Gasteiger partial charge in [-0.05, 0) is 94.6 Å². The maximum absolute atomic E-state index is 6.22. The van der Waals surface area contributed by atoms with E-state index in [1.165, 1.54) is 75.3 Å². The summed E-state index contributed by atoms with van der Waals surface area (Å²) in [5.41, 5.74) is 11.3. The average Bonchev–Trinajstić information content (AvgIpc) is 3.03. The minimum atomic E-state index is -1.43. The quantitative estimate of drug-likeness (QED) is 0.0915. The summed E-state index contributed by atoms with van der Waals surface area (Å²) in [6.07, 6.45) is 15.2. The molecule has 4 heteroatoms. The van der Waals surface area contributed by atoms with Crippen molar-refractivity contribution in [2.24, 2.45) is 0 Å². The van der Waals surface area contributed by atoms with E-state index in [2.05, 4.69) is 164 Å². The van der Waals surface area contributed by atoms with Gasteiger partial charge in [-0.25, -0.2) is 0 Å². The molecule has 0 heterocycles. The monoisotopic (exact) mass is 734 g/mol. The van der Waals surface area contributed by atoms with Crippen molar-refractivity contribution in [3.8, 4) is 58.1 Å². The molecule has 0 aliphatic rings. The van der Waals surface area contributed by atoms with Gasteiger partial charge in [0, 0.05) is 0 Å². The molecule has 0 fully saturated rings. The SMILES string of the molecule is CC(C)(C)c1ccc(OCCCCCCCCCCCCCCOc2ccc(C(C)(C)C)cc2C#CC#C[Si](C)(C)C)c(C#CC#C[Si](C)(C)C)c1. The maximum Gasteiger partial charge on any atom is 0.134 e. The van der Waals surface area contributed by atoms with Gasteiger partial charge in [-0.3, -0.25) is 0 Å². The van der Waals surface area contributed by atoms with Crippen molar-refractivity contribution in [2.45, 2.75) is 169 Å². The van der Waals surface area contributed by atoms with Crippen LogP contribution in [0.3, 0.4) is 0 Å². The lowest BCUT2D eigenvalue weighted by Gasteiger charge is -2.20. The lowest BCUT2D eigenvalue weighted by Crippen LogP contribution is -2.16. The Labute approximate surface area is 323 Å². The first-order chi connectivity index (χ1) is 24.4. The molecule has 0 radical (unpaired) electrons. The van der Waals surface area contributed by atoms with E-state index < -0.39 is 16.1 Å². The van der Waals surface area contributed by atoms with Crippen LogP contribution in [0, 0.1) is 46.6 Å². The van der Waals surface area contributed by atoms with E-state index in [1.807, 2.05) is 0 Å². The molecule has 2 aromatic rings. The van der Waals surface area contributed by atoms with Crippen molar-refractivity contribution in [2.75, 3.05) is 13.2 Å². The molecule has 2 aromatic carbocycles. The third-order valence-corrected chi connectivity index (χ3v) is 10.4. The normalized spacial score (nSPS) is 11.5. The summed E-state index contributed by atoms with van der Waals surface area (Å²) < 4.78 is 12.4. The molecule has 0 saturated heterocycles. The molecule has 0 bridgehead atoms. The second-order valence-corrected chi connectivity index (χ2v) is 27.9. The second kappa shape index (κ2) is 22.1. The molecule has 52 heavy (non-hydrogen) atoms. The van der Waals surface area contributed by atoms with E-state index in [0.29, 0.717) is 0 Å². The molecule has 0 unspecified atom stereocenters. The summed E-state index contributed by atoms with van der Waals surface area (Å²) >= 11 is 0. The minimum absolute atomic E-state index is 0.0688. The van der Waals surface area contributed by atoms with Gasteiger partial charge in [-0.15, -0.1) is 11.1 Å². The Morgan fingerprint density at radius 3 is 1.04 bits per heavy atom. The highest BCUT2D eigenvalue weighted by molar-refractivity contribution is 6.84. The summed E-state index contributed by atoms with van der Waals surface area (Å²) in [4.78, 5) is 0. The molecule has 0 spiro atoms. The van der Waals surface area contributed by atoms with Gasteiger partial charge < -0.3 is 9.47 Å². The van der Waals surface area contributed by atoms with Crippen molar-refractivity contribution in [3.05, 3.63) is 58.7 Å². The molecule has 0 N–H and O–H groups in total. The molecular weight excluding hydrogens is 665 g/mol. The summed E-state index contributed by atoms with van der Waals surface area (Å²) in [5, 5.41) is 0. The van der Waals surface area contributed by atoms with Crippen LogP contribution >= 0.6 is 0 Å². The fraction of sp³-hybridized carbons (Fsp3) is 0.583. The summed E-state index contributed by atoms with van der Waals surface area (Å²) in [6, 6.07) is 12.9. The van der Waals surface area contributed by atoms with Gasteiger partial charge in [0.25, 0.3) is 0 Å². The summed E-state index contributed by atoms with van der Waals surface area (Å²) in [5.74, 6) is 20.7. The van der Waals surface area contributed by atoms with Crippen LogP contribution in [0.4, 0.5) is 0 Å². The number of hydrogen-bond acceptors (Lipinski definition) is 2. The first-order valence-corrected chi connectivity index (χ1v) is 27.0. The molecule has 2 nitrogen and oxygen atoms in total. The molecule has 0 saturated carbocycles. The lowest BCUT2D eigenvalue weighted by molar-refractivity contribution is 0.302. The van der Waals surface area contributed by atoms with Crippen LogP contribution in [-0.2, 0) is 10.8 Å². The van der Waals surface area contributed by atoms with Crippen LogP contribution in [-0.4, -0.2) is 29.4 Å². The Balaban J connectivity index is 1.61. The Kier molecular flexibility index (Phi) is 19.0. The first kappa shape index (κ1) is 44.9. The molecule has 0 aliphatic carbocycles. The van der Waals surface area contributed by atoms with Crippen molar-refractivity contribution < 1.29 is 9.47 Å². The third-order valence-electron chi connectivity index (χ3n) is 8.64. The smallest absolute Gasteiger partial charge is 0.134 e. The minimum Gasteiger partial charge on any atom is -0.492 e. The van der Waals surface area contributed by atoms with E-state index in [1.54, 1.807) is 0 Å². The van der Waals surface area contributed by atoms with Crippen molar-refractivity contribution in [1.29, 1.82) is 0 Å². The van der Waals surface area contributed by atoms with E-state index in [4.69, 9.17) is 9.47 Å². The molecule has 2 rings (SSSR count). The van der Waals surface area contributed by atoms with Gasteiger partial charge in [0.15, 0.2) is 0 Å². The molecular formula is C48H70O2Si2. The number of ether oxygens (including phenoxy) is 2. The lowest BCUT2D eigenvalue weighted by atomic mass is 9.86. The average molecular weight is 735 g/mol. The summed E-state index contributed by atoms with van der Waals surface area (Å²) in [7, 11) is -2.86. The van der Waals surface area contributed by atoms with Crippen LogP contribution in [0.25, 0.3) is 0 Å². The zero-order chi connectivity index (χ0) is 38.7. The molecule has 0 aliphatic heterocycles. The third kappa shape index (κ3) is 20.1. The molecule has 0 aromatic heterocycles. The number of benzene rings is 2. The maximum atomic E-state index is 6.22. The van der Waals surface area contributed by atoms with Crippen molar-refractivity contribution in [1.82, 2.24) is 0 Å². The zero-order valence-corrected chi connectivity index (χ0v) is 37.2. The Morgan fingerprint density at radius 2 is 0.750 bits per heavy atom. The van der Waals surface area contributed by atoms with Gasteiger partial charge in [-0.1, -0.05) is 157 Å². The van der Waals surface area contributed by atoms with Gasteiger partial charge in [0.05, 0.1) is 24.3 Å². The number of hydrogen-bond donors (Lipinski definition) is 0. The van der Waals surface area contributed by atoms with E-state index in [9.17, 15) is 0 Å². The van der Waals surface area contributed by atoms with E-state index in [0.717, 1.165) is 48.7 Å². The van der Waals surface area contributed by atoms with Gasteiger partial charge in [0.2, 0.25) is 0 Å². The Bertz CT molecular complexity index is 1520. The van der Waals surface area contributed by atoms with Gasteiger partial charge in [0.1, 0.15) is 27.6 Å². The van der Waals surface area contributed by atoms with Crippen LogP contribution in [0.1, 0.15) is 141 Å². The van der Waals surface area contributed by atoms with Crippen LogP contribution < -0.4 is 9.47 Å². The fourth-order valence-corrected chi connectivity index (χ4v) is 6.29. The molecule has 282 valence electrons. The van der Waals surface area contributed by atoms with Crippen molar-refractivity contribution >= 4 is 16.1 Å². The Morgan fingerprint density at radius 1 is 0.442 bits per heavy atom. The molecule has 0 amide bonds. The summed E-state index contributed by atoms with van der Waals surface area (Å²) in [6.45, 7) is 28.3.